The summed E-state index contributed by atoms with van der Waals surface area (Å²) in [6, 6.07) is 0. The molecule has 0 aromatic carbocycles. The van der Waals surface area contributed by atoms with E-state index in [1.807, 2.05) is 0 Å². The lowest BCUT2D eigenvalue weighted by atomic mass is 9.61. The summed E-state index contributed by atoms with van der Waals surface area (Å²) < 4.78 is 0. The first-order chi connectivity index (χ1) is 9.08. The van der Waals surface area contributed by atoms with Crippen molar-refractivity contribution in [3.05, 3.63) is 0 Å². The van der Waals surface area contributed by atoms with Crippen molar-refractivity contribution in [3.8, 4) is 0 Å². The van der Waals surface area contributed by atoms with Crippen molar-refractivity contribution in [2.45, 2.75) is 108 Å². The smallest absolute Gasteiger partial charge is 0.0321 e. The van der Waals surface area contributed by atoms with Gasteiger partial charge in [0.2, 0.25) is 0 Å². The van der Waals surface area contributed by atoms with Crippen LogP contribution in [-0.2, 0) is 0 Å². The Morgan fingerprint density at radius 2 is 1.10 bits per heavy atom. The zero-order valence-electron chi connectivity index (χ0n) is 17.1. The van der Waals surface area contributed by atoms with Crippen molar-refractivity contribution in [1.82, 2.24) is 0 Å². The average molecular weight is 297 g/mol. The second-order valence-corrected chi connectivity index (χ2v) is 11.3. The van der Waals surface area contributed by atoms with Crippen molar-refractivity contribution in [3.63, 3.8) is 0 Å². The minimum absolute atomic E-state index is 0.420. The van der Waals surface area contributed by atoms with Gasteiger partial charge in [-0.05, 0) is 46.8 Å². The van der Waals surface area contributed by atoms with E-state index in [1.54, 1.807) is 0 Å². The maximum Gasteiger partial charge on any atom is -0.0321 e. The zero-order valence-corrected chi connectivity index (χ0v) is 17.1. The van der Waals surface area contributed by atoms with Gasteiger partial charge in [0.05, 0.1) is 0 Å². The Hall–Kier alpha value is 0. The van der Waals surface area contributed by atoms with Crippen LogP contribution in [0.4, 0.5) is 0 Å². The van der Waals surface area contributed by atoms with E-state index < -0.39 is 0 Å². The highest BCUT2D eigenvalue weighted by molar-refractivity contribution is 4.88. The lowest BCUT2D eigenvalue weighted by Crippen LogP contribution is -2.34. The summed E-state index contributed by atoms with van der Waals surface area (Å²) in [4.78, 5) is 0. The predicted molar refractivity (Wildman–Crippen MR) is 98.7 cm³/mol. The first kappa shape index (κ1) is 21.0. The summed E-state index contributed by atoms with van der Waals surface area (Å²) in [5.41, 5.74) is 1.72. The van der Waals surface area contributed by atoms with Gasteiger partial charge in [-0.25, -0.2) is 0 Å². The molecule has 0 nitrogen and oxygen atoms in total. The first-order valence-corrected chi connectivity index (χ1v) is 9.08. The van der Waals surface area contributed by atoms with Crippen LogP contribution in [0.2, 0.25) is 0 Å². The molecule has 21 heavy (non-hydrogen) atoms. The van der Waals surface area contributed by atoms with E-state index in [0.29, 0.717) is 21.7 Å². The van der Waals surface area contributed by atoms with Gasteiger partial charge in [0, 0.05) is 0 Å². The quantitative estimate of drug-likeness (QED) is 0.451. The van der Waals surface area contributed by atoms with E-state index in [0.717, 1.165) is 5.92 Å². The minimum atomic E-state index is 0.420. The Labute approximate surface area is 136 Å². The molecule has 1 atom stereocenters. The van der Waals surface area contributed by atoms with Crippen molar-refractivity contribution in [1.29, 1.82) is 0 Å². The predicted octanol–water partition coefficient (Wildman–Crippen LogP) is 7.72. The van der Waals surface area contributed by atoms with E-state index in [-0.39, 0.29) is 0 Å². The largest absolute Gasteiger partial charge is 0.0654 e. The molecule has 0 fully saturated rings. The van der Waals surface area contributed by atoms with Gasteiger partial charge < -0.3 is 0 Å². The maximum atomic E-state index is 2.51. The van der Waals surface area contributed by atoms with E-state index in [4.69, 9.17) is 0 Å². The van der Waals surface area contributed by atoms with Gasteiger partial charge in [0.15, 0.2) is 0 Å². The molecule has 0 radical (unpaired) electrons. The molecule has 0 bridgehead atoms. The van der Waals surface area contributed by atoms with Crippen LogP contribution in [-0.4, -0.2) is 0 Å². The molecule has 0 amide bonds. The summed E-state index contributed by atoms with van der Waals surface area (Å²) in [5, 5.41) is 0. The molecule has 1 unspecified atom stereocenters. The third-order valence-electron chi connectivity index (χ3n) is 4.54. The normalized spacial score (nSPS) is 16.1. The third-order valence-corrected chi connectivity index (χ3v) is 4.54. The SMILES string of the molecule is CCCC(CC(C)(C)CC(C)(C)C)C(C)(C)CC(C)(C)C. The van der Waals surface area contributed by atoms with Crippen molar-refractivity contribution < 1.29 is 0 Å². The van der Waals surface area contributed by atoms with Crippen LogP contribution >= 0.6 is 0 Å². The molecular weight excluding hydrogens is 252 g/mol. The van der Waals surface area contributed by atoms with Gasteiger partial charge in [-0.15, -0.1) is 0 Å². The lowest BCUT2D eigenvalue weighted by Gasteiger charge is -2.44. The van der Waals surface area contributed by atoms with Gasteiger partial charge in [-0.1, -0.05) is 89.0 Å². The van der Waals surface area contributed by atoms with E-state index in [2.05, 4.69) is 76.2 Å². The molecule has 0 rings (SSSR count). The van der Waals surface area contributed by atoms with E-state index >= 15 is 0 Å². The fourth-order valence-corrected chi connectivity index (χ4v) is 4.80. The lowest BCUT2D eigenvalue weighted by molar-refractivity contribution is 0.0665. The maximum absolute atomic E-state index is 2.51. The average Bonchev–Trinajstić information content (AvgIpc) is 2.08. The van der Waals surface area contributed by atoms with Crippen LogP contribution in [0.5, 0.6) is 0 Å². The van der Waals surface area contributed by atoms with E-state index in [1.165, 1.54) is 32.1 Å². The molecule has 0 heterocycles. The van der Waals surface area contributed by atoms with Gasteiger partial charge >= 0.3 is 0 Å². The van der Waals surface area contributed by atoms with Crippen molar-refractivity contribution in [2.75, 3.05) is 0 Å². The Bertz CT molecular complexity index is 293. The first-order valence-electron chi connectivity index (χ1n) is 9.08. The molecule has 0 heteroatoms. The molecule has 0 aromatic heterocycles. The second-order valence-electron chi connectivity index (χ2n) is 11.3. The van der Waals surface area contributed by atoms with Crippen LogP contribution in [0.1, 0.15) is 108 Å². The van der Waals surface area contributed by atoms with Gasteiger partial charge in [-0.2, -0.15) is 0 Å². The van der Waals surface area contributed by atoms with Gasteiger partial charge in [0.25, 0.3) is 0 Å². The van der Waals surface area contributed by atoms with Crippen LogP contribution in [0, 0.1) is 27.6 Å². The van der Waals surface area contributed by atoms with Crippen LogP contribution < -0.4 is 0 Å². The monoisotopic (exact) mass is 296 g/mol. The third kappa shape index (κ3) is 9.59. The number of hydrogen-bond acceptors (Lipinski definition) is 0. The standard InChI is InChI=1S/C21H44/c1-12-13-17(21(10,11)16-19(5,6)7)14-20(8,9)15-18(2,3)4/h17H,12-16H2,1-11H3. The summed E-state index contributed by atoms with van der Waals surface area (Å²) in [7, 11) is 0. The molecule has 0 aliphatic heterocycles. The van der Waals surface area contributed by atoms with Gasteiger partial charge in [-0.3, -0.25) is 0 Å². The van der Waals surface area contributed by atoms with Crippen LogP contribution in [0.15, 0.2) is 0 Å². The highest BCUT2D eigenvalue weighted by Gasteiger charge is 2.37. The molecule has 0 saturated carbocycles. The Balaban J connectivity index is 5.06. The van der Waals surface area contributed by atoms with Crippen LogP contribution in [0.3, 0.4) is 0 Å². The van der Waals surface area contributed by atoms with Crippen molar-refractivity contribution in [2.24, 2.45) is 27.6 Å². The summed E-state index contributed by atoms with van der Waals surface area (Å²) in [5.74, 6) is 0.832. The molecule has 0 aromatic rings. The molecule has 0 aliphatic rings. The number of rotatable bonds is 7. The highest BCUT2D eigenvalue weighted by Crippen LogP contribution is 2.48. The second kappa shape index (κ2) is 7.05. The fourth-order valence-electron chi connectivity index (χ4n) is 4.80. The zero-order chi connectivity index (χ0) is 17.1. The number of hydrogen-bond donors (Lipinski definition) is 0. The Morgan fingerprint density at radius 3 is 1.43 bits per heavy atom. The topological polar surface area (TPSA) is 0 Å². The molecule has 0 aliphatic carbocycles. The van der Waals surface area contributed by atoms with Gasteiger partial charge in [0.1, 0.15) is 0 Å². The highest BCUT2D eigenvalue weighted by atomic mass is 14.4. The summed E-state index contributed by atoms with van der Waals surface area (Å²) in [6.45, 7) is 26.6. The molecule has 0 saturated heterocycles. The van der Waals surface area contributed by atoms with E-state index in [9.17, 15) is 0 Å². The molecular formula is C21H44. The summed E-state index contributed by atoms with van der Waals surface area (Å²) in [6.07, 6.45) is 6.67. The summed E-state index contributed by atoms with van der Waals surface area (Å²) >= 11 is 0. The molecule has 0 spiro atoms. The van der Waals surface area contributed by atoms with Crippen molar-refractivity contribution >= 4 is 0 Å². The fraction of sp³-hybridized carbons (Fsp3) is 1.00. The molecule has 128 valence electrons. The minimum Gasteiger partial charge on any atom is -0.0654 e. The Morgan fingerprint density at radius 1 is 0.667 bits per heavy atom. The van der Waals surface area contributed by atoms with Crippen LogP contribution in [0.25, 0.3) is 0 Å². The Kier molecular flexibility index (Phi) is 7.05. The molecule has 0 N–H and O–H groups in total.